The van der Waals surface area contributed by atoms with E-state index in [2.05, 4.69) is 10.6 Å². The van der Waals surface area contributed by atoms with Crippen molar-refractivity contribution in [2.45, 2.75) is 25.2 Å². The average Bonchev–Trinajstić information content (AvgIpc) is 3.12. The summed E-state index contributed by atoms with van der Waals surface area (Å²) in [5, 5.41) is 5.22. The quantitative estimate of drug-likeness (QED) is 0.529. The first kappa shape index (κ1) is 16.7. The smallest absolute Gasteiger partial charge is 0.265 e. The molecule has 1 aliphatic rings. The van der Waals surface area contributed by atoms with Crippen molar-refractivity contribution >= 4 is 23.4 Å². The molecule has 0 unspecified atom stereocenters. The molecule has 0 aliphatic carbocycles. The summed E-state index contributed by atoms with van der Waals surface area (Å²) in [7, 11) is 0. The fourth-order valence-electron chi connectivity index (χ4n) is 2.58. The summed E-state index contributed by atoms with van der Waals surface area (Å²) in [4.78, 5) is 35.3. The molecule has 4 N–H and O–H groups in total. The largest absolute Gasteiger partial charge is 0.467 e. The summed E-state index contributed by atoms with van der Waals surface area (Å²) in [6, 6.07) is 10.0. The van der Waals surface area contributed by atoms with E-state index < -0.39 is 23.5 Å². The Labute approximate surface area is 143 Å². The van der Waals surface area contributed by atoms with E-state index >= 15 is 0 Å². The first-order valence-electron chi connectivity index (χ1n) is 7.59. The van der Waals surface area contributed by atoms with E-state index in [-0.39, 0.29) is 12.5 Å². The Morgan fingerprint density at radius 3 is 2.48 bits per heavy atom. The van der Waals surface area contributed by atoms with E-state index in [1.54, 1.807) is 36.4 Å². The lowest BCUT2D eigenvalue weighted by Crippen LogP contribution is -2.46. The molecule has 1 aromatic heterocycles. The molecule has 3 amide bonds. The first-order valence-corrected chi connectivity index (χ1v) is 7.59. The number of carbonyl (C=O) groups is 3. The lowest BCUT2D eigenvalue weighted by atomic mass is 9.97. The highest BCUT2D eigenvalue weighted by atomic mass is 16.6. The van der Waals surface area contributed by atoms with Crippen LogP contribution in [0.3, 0.4) is 0 Å². The second kappa shape index (κ2) is 6.40. The zero-order valence-electron chi connectivity index (χ0n) is 13.4. The van der Waals surface area contributed by atoms with E-state index in [4.69, 9.17) is 14.9 Å². The van der Waals surface area contributed by atoms with Crippen LogP contribution in [0.2, 0.25) is 0 Å². The van der Waals surface area contributed by atoms with Crippen molar-refractivity contribution in [3.63, 3.8) is 0 Å². The fourth-order valence-corrected chi connectivity index (χ4v) is 2.58. The maximum absolute atomic E-state index is 12.4. The Kier molecular flexibility index (Phi) is 4.28. The SMILES string of the molecule is CC(=O)Nc1ccc([C@@H]2O[C@@]2(C(N)=O)C(=O)NCc2ccco2)cc1. The standard InChI is InChI=1S/C17H17N3O5/c1-10(21)20-12-6-4-11(5-7-12)14-17(25-14,15(18)22)16(23)19-9-13-3-2-8-24-13/h2-8,14H,9H2,1H3,(H2,18,22)(H,19,23)(H,20,21)/t14-,17-/m0/s1. The van der Waals surface area contributed by atoms with Crippen LogP contribution in [0.1, 0.15) is 24.4 Å². The third-order valence-electron chi connectivity index (χ3n) is 3.86. The number of primary amides is 1. The number of hydrogen-bond acceptors (Lipinski definition) is 5. The molecule has 2 aromatic rings. The highest BCUT2D eigenvalue weighted by Gasteiger charge is 2.68. The Balaban J connectivity index is 1.71. The summed E-state index contributed by atoms with van der Waals surface area (Å²) in [6.07, 6.45) is 0.714. The number of nitrogens with two attached hydrogens (primary N) is 1. The summed E-state index contributed by atoms with van der Waals surface area (Å²) >= 11 is 0. The molecular weight excluding hydrogens is 326 g/mol. The van der Waals surface area contributed by atoms with Gasteiger partial charge in [-0.2, -0.15) is 0 Å². The number of amides is 3. The zero-order chi connectivity index (χ0) is 18.0. The van der Waals surface area contributed by atoms with Gasteiger partial charge in [0, 0.05) is 12.6 Å². The van der Waals surface area contributed by atoms with Gasteiger partial charge >= 0.3 is 0 Å². The van der Waals surface area contributed by atoms with Crippen LogP contribution in [0.5, 0.6) is 0 Å². The van der Waals surface area contributed by atoms with Crippen LogP contribution in [0.4, 0.5) is 5.69 Å². The van der Waals surface area contributed by atoms with Gasteiger partial charge in [-0.25, -0.2) is 0 Å². The van der Waals surface area contributed by atoms with Crippen molar-refractivity contribution in [3.8, 4) is 0 Å². The molecule has 0 spiro atoms. The minimum atomic E-state index is -1.73. The fraction of sp³-hybridized carbons (Fsp3) is 0.235. The number of hydrogen-bond donors (Lipinski definition) is 3. The minimum absolute atomic E-state index is 0.123. The van der Waals surface area contributed by atoms with Crippen molar-refractivity contribution in [3.05, 3.63) is 54.0 Å². The molecule has 25 heavy (non-hydrogen) atoms. The number of rotatable bonds is 6. The third kappa shape index (κ3) is 3.24. The number of anilines is 1. The molecule has 2 heterocycles. The highest BCUT2D eigenvalue weighted by molar-refractivity contribution is 6.11. The monoisotopic (exact) mass is 343 g/mol. The third-order valence-corrected chi connectivity index (χ3v) is 3.86. The Morgan fingerprint density at radius 2 is 1.92 bits per heavy atom. The van der Waals surface area contributed by atoms with Gasteiger partial charge in [0.2, 0.25) is 5.91 Å². The van der Waals surface area contributed by atoms with E-state index in [1.807, 2.05) is 0 Å². The predicted molar refractivity (Wildman–Crippen MR) is 87.1 cm³/mol. The molecule has 2 atom stereocenters. The van der Waals surface area contributed by atoms with Crippen LogP contribution in [-0.2, 0) is 25.7 Å². The summed E-state index contributed by atoms with van der Waals surface area (Å²) in [5.74, 6) is -1.13. The molecule has 0 bridgehead atoms. The molecule has 1 saturated heterocycles. The van der Waals surface area contributed by atoms with Crippen molar-refractivity contribution < 1.29 is 23.5 Å². The number of benzene rings is 1. The van der Waals surface area contributed by atoms with Gasteiger partial charge < -0.3 is 25.5 Å². The second-order valence-electron chi connectivity index (χ2n) is 5.66. The molecule has 8 nitrogen and oxygen atoms in total. The molecule has 0 saturated carbocycles. The van der Waals surface area contributed by atoms with Gasteiger partial charge in [0.15, 0.2) is 0 Å². The molecule has 1 aliphatic heterocycles. The normalized spacial score (nSPS) is 21.4. The van der Waals surface area contributed by atoms with E-state index in [1.165, 1.54) is 13.2 Å². The van der Waals surface area contributed by atoms with Gasteiger partial charge in [-0.05, 0) is 29.8 Å². The van der Waals surface area contributed by atoms with Gasteiger partial charge in [0.05, 0.1) is 12.8 Å². The molecule has 1 fully saturated rings. The number of epoxide rings is 1. The summed E-state index contributed by atoms with van der Waals surface area (Å²) < 4.78 is 10.5. The van der Waals surface area contributed by atoms with Crippen molar-refractivity contribution in [1.82, 2.24) is 5.32 Å². The van der Waals surface area contributed by atoms with E-state index in [0.29, 0.717) is 17.0 Å². The van der Waals surface area contributed by atoms with Crippen LogP contribution >= 0.6 is 0 Å². The van der Waals surface area contributed by atoms with Crippen molar-refractivity contribution in [2.24, 2.45) is 5.73 Å². The number of carbonyl (C=O) groups excluding carboxylic acids is 3. The van der Waals surface area contributed by atoms with Crippen LogP contribution in [0, 0.1) is 0 Å². The molecular formula is C17H17N3O5. The van der Waals surface area contributed by atoms with E-state index in [9.17, 15) is 14.4 Å². The number of nitrogens with one attached hydrogen (secondary N) is 2. The van der Waals surface area contributed by atoms with Crippen molar-refractivity contribution in [1.29, 1.82) is 0 Å². The maximum Gasteiger partial charge on any atom is 0.265 e. The van der Waals surface area contributed by atoms with Crippen LogP contribution in [0.15, 0.2) is 47.1 Å². The van der Waals surface area contributed by atoms with Crippen LogP contribution in [-0.4, -0.2) is 23.3 Å². The van der Waals surface area contributed by atoms with Crippen LogP contribution < -0.4 is 16.4 Å². The minimum Gasteiger partial charge on any atom is -0.467 e. The Hall–Kier alpha value is -3.13. The highest BCUT2D eigenvalue weighted by Crippen LogP contribution is 2.49. The molecule has 0 radical (unpaired) electrons. The van der Waals surface area contributed by atoms with Crippen molar-refractivity contribution in [2.75, 3.05) is 5.32 Å². The summed E-state index contributed by atoms with van der Waals surface area (Å²) in [5.41, 5.74) is 4.88. The zero-order valence-corrected chi connectivity index (χ0v) is 13.4. The molecule has 3 rings (SSSR count). The van der Waals surface area contributed by atoms with Gasteiger partial charge in [-0.15, -0.1) is 0 Å². The van der Waals surface area contributed by atoms with Gasteiger partial charge in [0.25, 0.3) is 17.4 Å². The van der Waals surface area contributed by atoms with Gasteiger partial charge in [-0.3, -0.25) is 14.4 Å². The Morgan fingerprint density at radius 1 is 1.20 bits per heavy atom. The molecule has 1 aromatic carbocycles. The molecule has 130 valence electrons. The second-order valence-corrected chi connectivity index (χ2v) is 5.66. The maximum atomic E-state index is 12.4. The van der Waals surface area contributed by atoms with Crippen LogP contribution in [0.25, 0.3) is 0 Å². The number of ether oxygens (including phenoxy) is 1. The van der Waals surface area contributed by atoms with Gasteiger partial charge in [-0.1, -0.05) is 12.1 Å². The molecule has 8 heteroatoms. The number of furan rings is 1. The van der Waals surface area contributed by atoms with E-state index in [0.717, 1.165) is 0 Å². The Bertz CT molecular complexity index is 800. The first-order chi connectivity index (χ1) is 11.9. The summed E-state index contributed by atoms with van der Waals surface area (Å²) in [6.45, 7) is 1.53. The topological polar surface area (TPSA) is 127 Å². The average molecular weight is 343 g/mol. The van der Waals surface area contributed by atoms with Gasteiger partial charge in [0.1, 0.15) is 11.9 Å². The lowest BCUT2D eigenvalue weighted by molar-refractivity contribution is -0.135. The predicted octanol–water partition coefficient (Wildman–Crippen LogP) is 0.850. The lowest BCUT2D eigenvalue weighted by Gasteiger charge is -2.10.